The van der Waals surface area contributed by atoms with Gasteiger partial charge >= 0.3 is 0 Å². The highest BCUT2D eigenvalue weighted by Crippen LogP contribution is 2.27. The Morgan fingerprint density at radius 1 is 0.805 bits per heavy atom. The summed E-state index contributed by atoms with van der Waals surface area (Å²) in [5, 5.41) is 8.87. The molecule has 0 spiro atoms. The predicted octanol–water partition coefficient (Wildman–Crippen LogP) is 7.83. The molecule has 3 N–H and O–H groups in total. The van der Waals surface area contributed by atoms with E-state index in [1.807, 2.05) is 50.2 Å². The molecule has 3 amide bonds. The first-order valence-electron chi connectivity index (χ1n) is 12.7. The Hall–Kier alpha value is -4.04. The van der Waals surface area contributed by atoms with Crippen molar-refractivity contribution in [1.82, 2.24) is 5.32 Å². The lowest BCUT2D eigenvalue weighted by Gasteiger charge is -2.14. The van der Waals surface area contributed by atoms with Crippen molar-refractivity contribution >= 4 is 70.1 Å². The summed E-state index contributed by atoms with van der Waals surface area (Å²) in [4.78, 5) is 39.7. The third-order valence-electron chi connectivity index (χ3n) is 5.87. The maximum Gasteiger partial charge on any atom is 0.272 e. The van der Waals surface area contributed by atoms with Gasteiger partial charge in [-0.3, -0.25) is 14.4 Å². The summed E-state index contributed by atoms with van der Waals surface area (Å²) in [5.74, 6) is -1.09. The van der Waals surface area contributed by atoms with Crippen LogP contribution in [0.2, 0.25) is 10.0 Å². The van der Waals surface area contributed by atoms with Crippen LogP contribution in [0.4, 0.5) is 11.4 Å². The van der Waals surface area contributed by atoms with Gasteiger partial charge in [-0.1, -0.05) is 59.6 Å². The number of anilines is 2. The molecule has 0 aromatic heterocycles. The summed E-state index contributed by atoms with van der Waals surface area (Å²) in [6, 6.07) is 28.2. The highest BCUT2D eigenvalue weighted by Gasteiger charge is 2.17. The van der Waals surface area contributed by atoms with E-state index in [0.29, 0.717) is 26.9 Å². The second kappa shape index (κ2) is 14.0. The van der Waals surface area contributed by atoms with Crippen LogP contribution in [0.15, 0.2) is 108 Å². The van der Waals surface area contributed by atoms with Crippen molar-refractivity contribution in [2.24, 2.45) is 0 Å². The van der Waals surface area contributed by atoms with Gasteiger partial charge < -0.3 is 16.0 Å². The first-order valence-corrected chi connectivity index (χ1v) is 14.3. The van der Waals surface area contributed by atoms with Gasteiger partial charge in [-0.25, -0.2) is 0 Å². The molecule has 0 aliphatic heterocycles. The van der Waals surface area contributed by atoms with E-state index in [2.05, 4.69) is 16.0 Å². The van der Waals surface area contributed by atoms with E-state index in [1.54, 1.807) is 60.7 Å². The monoisotopic (exact) mass is 603 g/mol. The molecule has 0 aliphatic rings. The fourth-order valence-corrected chi connectivity index (χ4v) is 5.09. The molecule has 4 aromatic carbocycles. The molecule has 9 heteroatoms. The fourth-order valence-electron chi connectivity index (χ4n) is 3.76. The zero-order valence-electron chi connectivity index (χ0n) is 22.3. The van der Waals surface area contributed by atoms with Gasteiger partial charge in [-0.15, -0.1) is 11.8 Å². The van der Waals surface area contributed by atoms with Gasteiger partial charge in [-0.05, 0) is 91.7 Å². The van der Waals surface area contributed by atoms with Crippen LogP contribution in [0.25, 0.3) is 6.08 Å². The number of carbonyl (C=O) groups is 3. The Bertz CT molecular complexity index is 1590. The van der Waals surface area contributed by atoms with Crippen LogP contribution in [-0.2, 0) is 9.59 Å². The number of hydrogen-bond donors (Lipinski definition) is 3. The Labute approximate surface area is 253 Å². The lowest BCUT2D eigenvalue weighted by atomic mass is 10.1. The van der Waals surface area contributed by atoms with Crippen molar-refractivity contribution in [2.75, 3.05) is 10.6 Å². The molecule has 208 valence electrons. The first kappa shape index (κ1) is 29.9. The van der Waals surface area contributed by atoms with E-state index < -0.39 is 11.8 Å². The zero-order chi connectivity index (χ0) is 29.4. The van der Waals surface area contributed by atoms with E-state index in [0.717, 1.165) is 16.1 Å². The normalized spacial score (nSPS) is 11.9. The standard InChI is InChI=1S/C32H27Cl2N3O3S/c1-20-7-6-10-26(17-20)36-30(38)21(2)41-27-15-13-25(14-16-27)35-32(40)29(18-23-11-12-24(33)19-28(23)34)37-31(39)22-8-4-3-5-9-22/h3-19,21H,1-2H3,(H,35,40)(H,36,38)(H,37,39)/b29-18-. The number of nitrogens with one attached hydrogen (secondary N) is 3. The largest absolute Gasteiger partial charge is 0.325 e. The quantitative estimate of drug-likeness (QED) is 0.134. The Morgan fingerprint density at radius 2 is 1.54 bits per heavy atom. The molecule has 0 radical (unpaired) electrons. The third kappa shape index (κ3) is 8.72. The number of aryl methyl sites for hydroxylation is 1. The van der Waals surface area contributed by atoms with Crippen LogP contribution >= 0.6 is 35.0 Å². The molecule has 0 fully saturated rings. The van der Waals surface area contributed by atoms with Gasteiger partial charge in [0, 0.05) is 31.9 Å². The van der Waals surface area contributed by atoms with Crippen LogP contribution in [0.1, 0.15) is 28.4 Å². The highest BCUT2D eigenvalue weighted by molar-refractivity contribution is 8.00. The first-order chi connectivity index (χ1) is 19.7. The minimum absolute atomic E-state index is 0.00275. The van der Waals surface area contributed by atoms with Crippen LogP contribution < -0.4 is 16.0 Å². The number of carbonyl (C=O) groups excluding carboxylic acids is 3. The lowest BCUT2D eigenvalue weighted by molar-refractivity contribution is -0.115. The maximum absolute atomic E-state index is 13.3. The third-order valence-corrected chi connectivity index (χ3v) is 7.55. The predicted molar refractivity (Wildman–Crippen MR) is 169 cm³/mol. The van der Waals surface area contributed by atoms with Crippen molar-refractivity contribution < 1.29 is 14.4 Å². The Morgan fingerprint density at radius 3 is 2.22 bits per heavy atom. The molecule has 0 saturated carbocycles. The fraction of sp³-hybridized carbons (Fsp3) is 0.0938. The molecule has 1 unspecified atom stereocenters. The molecule has 0 aliphatic carbocycles. The minimum atomic E-state index is -0.536. The smallest absolute Gasteiger partial charge is 0.272 e. The molecule has 0 heterocycles. The molecule has 4 aromatic rings. The topological polar surface area (TPSA) is 87.3 Å². The number of halogens is 2. The summed E-state index contributed by atoms with van der Waals surface area (Å²) in [5.41, 5.74) is 3.24. The van der Waals surface area contributed by atoms with Gasteiger partial charge in [0.15, 0.2) is 0 Å². The lowest BCUT2D eigenvalue weighted by Crippen LogP contribution is -2.30. The molecular formula is C32H27Cl2N3O3S. The second-order valence-corrected chi connectivity index (χ2v) is 11.4. The number of benzene rings is 4. The molecule has 4 rings (SSSR count). The molecule has 1 atom stereocenters. The van der Waals surface area contributed by atoms with Gasteiger partial charge in [-0.2, -0.15) is 0 Å². The second-order valence-electron chi connectivity index (χ2n) is 9.14. The van der Waals surface area contributed by atoms with E-state index in [4.69, 9.17) is 23.2 Å². The molecule has 0 bridgehead atoms. The number of amides is 3. The Balaban J connectivity index is 1.45. The van der Waals surface area contributed by atoms with Crippen LogP contribution in [0.5, 0.6) is 0 Å². The van der Waals surface area contributed by atoms with Crippen molar-refractivity contribution in [3.63, 3.8) is 0 Å². The summed E-state index contributed by atoms with van der Waals surface area (Å²) < 4.78 is 0. The van der Waals surface area contributed by atoms with Crippen LogP contribution in [-0.4, -0.2) is 23.0 Å². The van der Waals surface area contributed by atoms with E-state index in [9.17, 15) is 14.4 Å². The van der Waals surface area contributed by atoms with Gasteiger partial charge in [0.1, 0.15) is 5.70 Å². The maximum atomic E-state index is 13.3. The Kier molecular flexibility index (Phi) is 10.2. The summed E-state index contributed by atoms with van der Waals surface area (Å²) in [6.45, 7) is 3.80. The SMILES string of the molecule is Cc1cccc(NC(=O)C(C)Sc2ccc(NC(=O)/C(=C/c3ccc(Cl)cc3Cl)NC(=O)c3ccccc3)cc2)c1. The molecule has 0 saturated heterocycles. The molecule has 6 nitrogen and oxygen atoms in total. The number of hydrogen-bond acceptors (Lipinski definition) is 4. The zero-order valence-corrected chi connectivity index (χ0v) is 24.6. The van der Waals surface area contributed by atoms with Gasteiger partial charge in [0.05, 0.1) is 5.25 Å². The van der Waals surface area contributed by atoms with Gasteiger partial charge in [0.2, 0.25) is 5.91 Å². The average molecular weight is 605 g/mol. The highest BCUT2D eigenvalue weighted by atomic mass is 35.5. The summed E-state index contributed by atoms with van der Waals surface area (Å²) >= 11 is 13.7. The van der Waals surface area contributed by atoms with Crippen molar-refractivity contribution in [2.45, 2.75) is 24.0 Å². The van der Waals surface area contributed by atoms with Crippen molar-refractivity contribution in [3.05, 3.63) is 129 Å². The summed E-state index contributed by atoms with van der Waals surface area (Å²) in [6.07, 6.45) is 1.49. The van der Waals surface area contributed by atoms with Crippen molar-refractivity contribution in [3.8, 4) is 0 Å². The average Bonchev–Trinajstić information content (AvgIpc) is 2.95. The van der Waals surface area contributed by atoms with E-state index >= 15 is 0 Å². The number of thioether (sulfide) groups is 1. The molecular weight excluding hydrogens is 577 g/mol. The van der Waals surface area contributed by atoms with E-state index in [1.165, 1.54) is 17.8 Å². The minimum Gasteiger partial charge on any atom is -0.325 e. The number of rotatable bonds is 9. The summed E-state index contributed by atoms with van der Waals surface area (Å²) in [7, 11) is 0. The van der Waals surface area contributed by atoms with Crippen LogP contribution in [0, 0.1) is 6.92 Å². The van der Waals surface area contributed by atoms with Crippen LogP contribution in [0.3, 0.4) is 0 Å². The molecule has 41 heavy (non-hydrogen) atoms. The van der Waals surface area contributed by atoms with E-state index in [-0.39, 0.29) is 16.9 Å². The van der Waals surface area contributed by atoms with Crippen molar-refractivity contribution in [1.29, 1.82) is 0 Å². The van der Waals surface area contributed by atoms with Gasteiger partial charge in [0.25, 0.3) is 11.8 Å².